The van der Waals surface area contributed by atoms with Crippen molar-refractivity contribution in [3.63, 3.8) is 0 Å². The predicted octanol–water partition coefficient (Wildman–Crippen LogP) is 2.56. The first-order valence-electron chi connectivity index (χ1n) is 13.2. The van der Waals surface area contributed by atoms with Gasteiger partial charge in [0, 0.05) is 34.2 Å². The number of imidazole rings is 1. The third-order valence-corrected chi connectivity index (χ3v) is 7.65. The van der Waals surface area contributed by atoms with E-state index in [0.717, 1.165) is 24.2 Å². The minimum Gasteiger partial charge on any atom is -0.377 e. The highest BCUT2D eigenvalue weighted by molar-refractivity contribution is 6.29. The molecule has 13 nitrogen and oxygen atoms in total. The molecule has 4 aromatic heterocycles. The van der Waals surface area contributed by atoms with Crippen LogP contribution in [0.1, 0.15) is 40.6 Å². The Morgan fingerprint density at radius 3 is 2.66 bits per heavy atom. The molecule has 1 fully saturated rings. The molecule has 0 aliphatic carbocycles. The van der Waals surface area contributed by atoms with Gasteiger partial charge >= 0.3 is 0 Å². The summed E-state index contributed by atoms with van der Waals surface area (Å²) in [6.45, 7) is 5.65. The van der Waals surface area contributed by atoms with Crippen LogP contribution in [0.3, 0.4) is 0 Å². The number of benzene rings is 1. The van der Waals surface area contributed by atoms with Crippen LogP contribution in [0.4, 0.5) is 5.69 Å². The van der Waals surface area contributed by atoms with Crippen LogP contribution in [0, 0.1) is 6.92 Å². The molecule has 1 aromatic carbocycles. The monoisotopic (exact) mass is 575 g/mol. The summed E-state index contributed by atoms with van der Waals surface area (Å²) in [5.74, 6) is 0.0798. The largest absolute Gasteiger partial charge is 0.377 e. The van der Waals surface area contributed by atoms with Crippen molar-refractivity contribution in [2.24, 2.45) is 7.05 Å². The molecule has 1 aliphatic rings. The smallest absolute Gasteiger partial charge is 0.275 e. The van der Waals surface area contributed by atoms with Crippen molar-refractivity contribution in [2.45, 2.75) is 25.9 Å². The summed E-state index contributed by atoms with van der Waals surface area (Å²) in [7, 11) is 7.01. The third kappa shape index (κ3) is 4.50. The molecule has 0 radical (unpaired) electrons. The lowest BCUT2D eigenvalue weighted by atomic mass is 10.0. The van der Waals surface area contributed by atoms with Gasteiger partial charge in [-0.3, -0.25) is 18.6 Å². The number of hydrogen-bond acceptors (Lipinski definition) is 9. The van der Waals surface area contributed by atoms with E-state index < -0.39 is 0 Å². The van der Waals surface area contributed by atoms with Gasteiger partial charge < -0.3 is 15.1 Å². The number of tetrazole rings is 1. The molecule has 1 atom stereocenters. The van der Waals surface area contributed by atoms with Gasteiger partial charge in [0.25, 0.3) is 11.5 Å². The summed E-state index contributed by atoms with van der Waals surface area (Å²) in [6, 6.07) is 7.27. The van der Waals surface area contributed by atoms with E-state index in [2.05, 4.69) is 35.6 Å². The molecular weight excluding hydrogens is 546 g/mol. The van der Waals surface area contributed by atoms with Crippen LogP contribution in [0.5, 0.6) is 0 Å². The molecule has 1 N–H and O–H groups in total. The van der Waals surface area contributed by atoms with Gasteiger partial charge in [-0.2, -0.15) is 4.80 Å². The lowest BCUT2D eigenvalue weighted by Gasteiger charge is -2.34. The second-order valence-corrected chi connectivity index (χ2v) is 11.2. The molecule has 5 aromatic rings. The van der Waals surface area contributed by atoms with Crippen LogP contribution in [-0.4, -0.2) is 89.1 Å². The number of hydrogen-bond donors (Lipinski definition) is 1. The number of halogens is 1. The SMILES string of the molecule is Cc1cc(C(C)Nc2ccc(Cl)nc2-c2nnn(C3CN(C)C3)n2)c2c(c1)c(=O)n(C)c1c(C(=O)N(C)C)ncn21. The Morgan fingerprint density at radius 1 is 1.20 bits per heavy atom. The summed E-state index contributed by atoms with van der Waals surface area (Å²) in [4.78, 5) is 40.6. The molecule has 5 heterocycles. The van der Waals surface area contributed by atoms with Crippen molar-refractivity contribution in [2.75, 3.05) is 39.5 Å². The topological polar surface area (TPSA) is 131 Å². The fraction of sp³-hybridized carbons (Fsp3) is 0.370. The van der Waals surface area contributed by atoms with Crippen molar-refractivity contribution in [3.8, 4) is 11.5 Å². The Labute approximate surface area is 240 Å². The molecule has 1 amide bonds. The maximum Gasteiger partial charge on any atom is 0.275 e. The van der Waals surface area contributed by atoms with Crippen LogP contribution < -0.4 is 10.9 Å². The fourth-order valence-corrected chi connectivity index (χ4v) is 5.50. The molecule has 0 spiro atoms. The molecule has 0 saturated carbocycles. The van der Waals surface area contributed by atoms with Crippen molar-refractivity contribution in [1.29, 1.82) is 0 Å². The summed E-state index contributed by atoms with van der Waals surface area (Å²) < 4.78 is 3.29. The van der Waals surface area contributed by atoms with Gasteiger partial charge in [-0.05, 0) is 55.4 Å². The molecular formula is C27H30ClN11O2. The summed E-state index contributed by atoms with van der Waals surface area (Å²) in [5.41, 5.74) is 3.99. The lowest BCUT2D eigenvalue weighted by molar-refractivity contribution is 0.0824. The molecule has 0 bridgehead atoms. The van der Waals surface area contributed by atoms with Crippen LogP contribution in [0.2, 0.25) is 5.15 Å². The Morgan fingerprint density at radius 2 is 1.95 bits per heavy atom. The number of aromatic nitrogens is 8. The van der Waals surface area contributed by atoms with Gasteiger partial charge in [0.05, 0.1) is 28.7 Å². The van der Waals surface area contributed by atoms with E-state index in [1.54, 1.807) is 38.3 Å². The molecule has 212 valence electrons. The first kappa shape index (κ1) is 26.8. The van der Waals surface area contributed by atoms with E-state index in [9.17, 15) is 9.59 Å². The van der Waals surface area contributed by atoms with Gasteiger partial charge in [0.1, 0.15) is 17.2 Å². The van der Waals surface area contributed by atoms with Crippen molar-refractivity contribution in [3.05, 3.63) is 62.9 Å². The molecule has 1 saturated heterocycles. The number of anilines is 1. The Bertz CT molecular complexity index is 1880. The highest BCUT2D eigenvalue weighted by Crippen LogP contribution is 2.32. The number of aryl methyl sites for hydroxylation is 2. The van der Waals surface area contributed by atoms with E-state index in [-0.39, 0.29) is 29.2 Å². The van der Waals surface area contributed by atoms with E-state index in [1.165, 1.54) is 9.47 Å². The van der Waals surface area contributed by atoms with Gasteiger partial charge in [-0.25, -0.2) is 9.97 Å². The fourth-order valence-electron chi connectivity index (χ4n) is 5.35. The number of likely N-dealkylation sites (N-methyl/N-ethyl adjacent to an activating group) is 1. The zero-order valence-corrected chi connectivity index (χ0v) is 24.4. The number of pyridine rings is 1. The summed E-state index contributed by atoms with van der Waals surface area (Å²) >= 11 is 6.29. The molecule has 6 rings (SSSR count). The maximum absolute atomic E-state index is 13.6. The highest BCUT2D eigenvalue weighted by Gasteiger charge is 2.28. The number of nitrogens with zero attached hydrogens (tertiary/aromatic N) is 10. The average molecular weight is 576 g/mol. The van der Waals surface area contributed by atoms with Crippen molar-refractivity contribution in [1.82, 2.24) is 48.9 Å². The number of rotatable bonds is 6. The molecule has 41 heavy (non-hydrogen) atoms. The quantitative estimate of drug-likeness (QED) is 0.303. The lowest BCUT2D eigenvalue weighted by Crippen LogP contribution is -2.45. The number of nitrogens with one attached hydrogen (secondary N) is 1. The van der Waals surface area contributed by atoms with Crippen LogP contribution in [0.15, 0.2) is 35.4 Å². The number of likely N-dealkylation sites (tertiary alicyclic amines) is 1. The summed E-state index contributed by atoms with van der Waals surface area (Å²) in [5, 5.41) is 17.5. The molecule has 1 aliphatic heterocycles. The standard InChI is InChI=1S/C27H30ClN11O2/c1-14-9-17(23-18(10-14)26(40)37(6)25-22(27(41)35(3)4)29-13-38(23)25)15(2)30-19-7-8-20(28)31-21(19)24-32-34-39(33-24)16-11-36(5)12-16/h7-10,13,15-16,30H,11-12H2,1-6H3. The molecule has 14 heteroatoms. The number of amides is 1. The van der Waals surface area contributed by atoms with Crippen molar-refractivity contribution < 1.29 is 4.79 Å². The zero-order valence-electron chi connectivity index (χ0n) is 23.6. The minimum atomic E-state index is -0.305. The van der Waals surface area contributed by atoms with E-state index in [1.807, 2.05) is 43.5 Å². The second-order valence-electron chi connectivity index (χ2n) is 10.8. The van der Waals surface area contributed by atoms with Crippen molar-refractivity contribution >= 4 is 39.7 Å². The number of fused-ring (bicyclic) bond motifs is 3. The van der Waals surface area contributed by atoms with Crippen LogP contribution in [0.25, 0.3) is 28.1 Å². The van der Waals surface area contributed by atoms with Crippen LogP contribution >= 0.6 is 11.6 Å². The minimum absolute atomic E-state index is 0.166. The highest BCUT2D eigenvalue weighted by atomic mass is 35.5. The van der Waals surface area contributed by atoms with Gasteiger partial charge in [-0.15, -0.1) is 10.2 Å². The van der Waals surface area contributed by atoms with E-state index >= 15 is 0 Å². The predicted molar refractivity (Wildman–Crippen MR) is 155 cm³/mol. The van der Waals surface area contributed by atoms with Gasteiger partial charge in [0.2, 0.25) is 5.82 Å². The first-order chi connectivity index (χ1) is 19.5. The normalized spacial score (nSPS) is 14.9. The molecule has 1 unspecified atom stereocenters. The maximum atomic E-state index is 13.6. The second kappa shape index (κ2) is 9.93. The van der Waals surface area contributed by atoms with Gasteiger partial charge in [0.15, 0.2) is 11.3 Å². The third-order valence-electron chi connectivity index (χ3n) is 7.44. The van der Waals surface area contributed by atoms with E-state index in [4.69, 9.17) is 11.6 Å². The zero-order chi connectivity index (χ0) is 29.2. The Hall–Kier alpha value is -4.36. The summed E-state index contributed by atoms with van der Waals surface area (Å²) in [6.07, 6.45) is 1.59. The number of carbonyl (C=O) groups excluding carboxylic acids is 1. The first-order valence-corrected chi connectivity index (χ1v) is 13.5. The van der Waals surface area contributed by atoms with Gasteiger partial charge in [-0.1, -0.05) is 17.7 Å². The number of carbonyl (C=O) groups is 1. The van der Waals surface area contributed by atoms with E-state index in [0.29, 0.717) is 38.9 Å². The average Bonchev–Trinajstić information content (AvgIpc) is 3.58. The Kier molecular flexibility index (Phi) is 6.50. The van der Waals surface area contributed by atoms with Crippen LogP contribution in [-0.2, 0) is 7.05 Å². The Balaban J connectivity index is 1.46.